The molecule has 426 valence electrons. The maximum absolute atomic E-state index is 14.3. The summed E-state index contributed by atoms with van der Waals surface area (Å²) in [5.74, 6) is -7.60. The highest BCUT2D eigenvalue weighted by Gasteiger charge is 2.25. The number of aromatic nitrogens is 4. The number of thioether (sulfide) groups is 1. The van der Waals surface area contributed by atoms with Gasteiger partial charge in [0.1, 0.15) is 22.0 Å². The van der Waals surface area contributed by atoms with E-state index in [1.807, 2.05) is 0 Å². The number of urea groups is 1. The number of rotatable bonds is 18. The molecule has 0 bridgehead atoms. The van der Waals surface area contributed by atoms with Gasteiger partial charge >= 0.3 is 55.6 Å². The predicted octanol–water partition coefficient (Wildman–Crippen LogP) is 6.18. The van der Waals surface area contributed by atoms with Crippen molar-refractivity contribution in [2.24, 2.45) is 4.99 Å². The van der Waals surface area contributed by atoms with E-state index in [4.69, 9.17) is 64.6 Å². The molecular formula is C40H39Cl3F5N8O18PS3. The lowest BCUT2D eigenvalue weighted by atomic mass is 10.2. The number of aromatic carboxylic acids is 2. The topological polar surface area (TPSA) is 376 Å². The average molecular weight is 1250 g/mol. The first kappa shape index (κ1) is 65.7. The molecule has 0 saturated carbocycles. The van der Waals surface area contributed by atoms with Crippen LogP contribution in [0.3, 0.4) is 0 Å². The van der Waals surface area contributed by atoms with E-state index >= 15 is 0 Å². The number of alkyl halides is 4. The highest BCUT2D eigenvalue weighted by atomic mass is 35.5. The van der Waals surface area contributed by atoms with Crippen LogP contribution in [-0.2, 0) is 42.0 Å². The van der Waals surface area contributed by atoms with Crippen LogP contribution in [0.15, 0.2) is 74.2 Å². The van der Waals surface area contributed by atoms with E-state index < -0.39 is 108 Å². The molecule has 2 aromatic heterocycles. The second-order valence-corrected chi connectivity index (χ2v) is 20.6. The third kappa shape index (κ3) is 21.3. The fourth-order valence-electron chi connectivity index (χ4n) is 5.62. The Labute approximate surface area is 457 Å². The van der Waals surface area contributed by atoms with Gasteiger partial charge in [0.2, 0.25) is 22.5 Å². The second kappa shape index (κ2) is 30.5. The van der Waals surface area contributed by atoms with Gasteiger partial charge < -0.3 is 44.1 Å². The van der Waals surface area contributed by atoms with E-state index in [0.29, 0.717) is 28.9 Å². The maximum Gasteiger partial charge on any atom is 0.388 e. The Morgan fingerprint density at radius 3 is 1.99 bits per heavy atom. The molecule has 38 heteroatoms. The van der Waals surface area contributed by atoms with Crippen molar-refractivity contribution in [3.63, 3.8) is 0 Å². The fourth-order valence-corrected chi connectivity index (χ4v) is 9.58. The monoisotopic (exact) mass is 1250 g/mol. The molecule has 3 heterocycles. The number of amides is 2. The van der Waals surface area contributed by atoms with Crippen molar-refractivity contribution < 1.29 is 103 Å². The summed E-state index contributed by atoms with van der Waals surface area (Å²) in [5.41, 5.74) is -0.676. The third-order valence-corrected chi connectivity index (χ3v) is 13.7. The van der Waals surface area contributed by atoms with Crippen LogP contribution in [0.25, 0.3) is 0 Å². The summed E-state index contributed by atoms with van der Waals surface area (Å²) in [6.07, 6.45) is 1.30. The molecule has 0 radical (unpaired) electrons. The Balaban J connectivity index is 0.000000298. The van der Waals surface area contributed by atoms with E-state index in [9.17, 15) is 63.7 Å². The zero-order valence-electron chi connectivity index (χ0n) is 39.3. The van der Waals surface area contributed by atoms with Gasteiger partial charge in [0.15, 0.2) is 5.75 Å². The van der Waals surface area contributed by atoms with Crippen LogP contribution in [0.2, 0.25) is 15.1 Å². The van der Waals surface area contributed by atoms with Crippen LogP contribution in [0, 0.1) is 5.82 Å². The molecule has 1 aliphatic heterocycles. The molecule has 6 rings (SSSR count). The van der Waals surface area contributed by atoms with Gasteiger partial charge in [0, 0.05) is 18.0 Å². The number of sulfonamides is 1. The number of carbonyl (C=O) groups is 5. The number of hydrogen-bond acceptors (Lipinski definition) is 19. The SMILES string of the molecule is COC(=O)CSc1cc(/N=c2\sc(=O)n3n2CCCC3)c(F)cc1Cl.COc1c(Cl)ccc(Cl)c1C(=O)O.O=C(Nc1nc(OC(F)F)cc(OC(F)F)n1)NS(=O)(=O)c1ccccc1C(=O)O.O=C(O)CNCP(=O)(O)O. The average Bonchev–Trinajstić information content (AvgIpc) is 3.65. The van der Waals surface area contributed by atoms with E-state index in [1.165, 1.54) is 49.3 Å². The smallest absolute Gasteiger partial charge is 0.388 e. The number of benzene rings is 3. The van der Waals surface area contributed by atoms with Crippen molar-refractivity contribution in [2.45, 2.75) is 48.9 Å². The normalized spacial score (nSPS) is 12.1. The fraction of sp³-hybridized carbons (Fsp3) is 0.275. The molecule has 1 aliphatic rings. The summed E-state index contributed by atoms with van der Waals surface area (Å²) in [7, 11) is -6.18. The van der Waals surface area contributed by atoms with Crippen molar-refractivity contribution in [1.29, 1.82) is 0 Å². The zero-order valence-corrected chi connectivity index (χ0v) is 44.9. The number of esters is 1. The Morgan fingerprint density at radius 1 is 0.872 bits per heavy atom. The quantitative estimate of drug-likeness (QED) is 0.0210. The van der Waals surface area contributed by atoms with Crippen LogP contribution in [-0.4, -0.2) is 129 Å². The van der Waals surface area contributed by atoms with Crippen molar-refractivity contribution in [3.05, 3.63) is 101 Å². The molecule has 5 aromatic rings. The summed E-state index contributed by atoms with van der Waals surface area (Å²) < 4.78 is 120. The second-order valence-electron chi connectivity index (χ2n) is 14.2. The minimum atomic E-state index is -4.71. The van der Waals surface area contributed by atoms with Gasteiger partial charge in [-0.1, -0.05) is 46.9 Å². The van der Waals surface area contributed by atoms with Gasteiger partial charge in [-0.25, -0.2) is 41.6 Å². The van der Waals surface area contributed by atoms with Gasteiger partial charge in [-0.15, -0.1) is 11.8 Å². The number of nitrogens with zero attached hydrogens (tertiary/aromatic N) is 5. The van der Waals surface area contributed by atoms with Crippen molar-refractivity contribution >= 4 is 117 Å². The first-order chi connectivity index (χ1) is 36.5. The number of hydrogen-bond donors (Lipinski definition) is 8. The Hall–Kier alpha value is -6.62. The zero-order chi connectivity index (χ0) is 58.7. The van der Waals surface area contributed by atoms with E-state index in [2.05, 4.69) is 34.5 Å². The van der Waals surface area contributed by atoms with E-state index in [0.717, 1.165) is 54.1 Å². The molecule has 0 atom stereocenters. The van der Waals surface area contributed by atoms with Crippen LogP contribution >= 0.6 is 65.5 Å². The minimum absolute atomic E-state index is 0.0605. The number of nitrogens with one attached hydrogen (secondary N) is 3. The molecular weight excluding hydrogens is 1210 g/mol. The van der Waals surface area contributed by atoms with Crippen LogP contribution in [0.4, 0.5) is 38.4 Å². The van der Waals surface area contributed by atoms with E-state index in [1.54, 1.807) is 14.7 Å². The van der Waals surface area contributed by atoms with Gasteiger partial charge in [-0.05, 0) is 60.6 Å². The number of anilines is 1. The van der Waals surface area contributed by atoms with Gasteiger partial charge in [-0.3, -0.25) is 34.3 Å². The van der Waals surface area contributed by atoms with E-state index in [-0.39, 0.29) is 42.7 Å². The lowest BCUT2D eigenvalue weighted by Gasteiger charge is -2.15. The van der Waals surface area contributed by atoms with Crippen molar-refractivity contribution in [3.8, 4) is 17.5 Å². The standard InChI is InChI=1S/C15H15ClFN3O3S2.C14H10F4N4O7S.C8H6Cl2O3.C3H8NO5P/c1-23-13(21)8-24-12-7-11(10(17)6-9(12)16)18-14-19-4-2-3-5-20(19)15(22)25-14;15-11(16)28-8-5-9(29-12(17)18)20-13(19-8)21-14(25)22-30(26,27)7-4-2-1-3-6(7)10(23)24;1-13-7-5(10)3-2-4(9)6(7)8(11)12;5-3(6)1-4-2-10(7,8)9/h6-7H,2-5,8H2,1H3;1-5,11-12H,(H,23,24)(H2,19,20,21,22,25);2-3H,1H3,(H,11,12);4H,1-2H2,(H,5,6)(H2,7,8,9)/b18-14-;;;. The molecule has 2 amide bonds. The number of halogens is 8. The molecule has 0 spiro atoms. The van der Waals surface area contributed by atoms with Gasteiger partial charge in [0.05, 0.1) is 59.5 Å². The Kier molecular flexibility index (Phi) is 25.7. The molecule has 8 N–H and O–H groups in total. The third-order valence-electron chi connectivity index (χ3n) is 8.71. The first-order valence-corrected chi connectivity index (χ1v) is 26.9. The number of methoxy groups -OCH3 is 2. The van der Waals surface area contributed by atoms with Gasteiger partial charge in [0.25, 0.3) is 10.0 Å². The number of carboxylic acids is 3. The maximum atomic E-state index is 14.3. The van der Waals surface area contributed by atoms with Crippen molar-refractivity contribution in [2.75, 3.05) is 38.1 Å². The first-order valence-electron chi connectivity index (χ1n) is 20.7. The molecule has 0 saturated heterocycles. The number of carboxylic acid groups (broad SMARTS) is 3. The Bertz CT molecular complexity index is 3260. The minimum Gasteiger partial charge on any atom is -0.494 e. The molecule has 78 heavy (non-hydrogen) atoms. The van der Waals surface area contributed by atoms with Crippen LogP contribution in [0.5, 0.6) is 17.5 Å². The predicted molar refractivity (Wildman–Crippen MR) is 266 cm³/mol. The highest BCUT2D eigenvalue weighted by molar-refractivity contribution is 8.00. The lowest BCUT2D eigenvalue weighted by molar-refractivity contribution is -0.137. The molecule has 0 unspecified atom stereocenters. The molecule has 26 nitrogen and oxygen atoms in total. The largest absolute Gasteiger partial charge is 0.494 e. The Morgan fingerprint density at radius 2 is 1.46 bits per heavy atom. The summed E-state index contributed by atoms with van der Waals surface area (Å²) in [6.45, 7) is -5.93. The summed E-state index contributed by atoms with van der Waals surface area (Å²) >= 11 is 19.5. The summed E-state index contributed by atoms with van der Waals surface area (Å²) in [5, 5.41) is 30.1. The van der Waals surface area contributed by atoms with Crippen molar-refractivity contribution in [1.82, 2.24) is 29.4 Å². The van der Waals surface area contributed by atoms with Crippen LogP contribution in [0.1, 0.15) is 33.6 Å². The number of fused-ring (bicyclic) bond motifs is 1. The molecule has 0 fully saturated rings. The highest BCUT2D eigenvalue weighted by Crippen LogP contribution is 2.35. The van der Waals surface area contributed by atoms with Gasteiger partial charge in [-0.2, -0.15) is 27.5 Å². The summed E-state index contributed by atoms with van der Waals surface area (Å²) in [6, 6.07) is 8.76. The number of ether oxygens (including phenoxy) is 4. The van der Waals surface area contributed by atoms with Crippen LogP contribution < -0.4 is 39.2 Å². The number of carbonyl (C=O) groups excluding carboxylic acids is 2. The molecule has 3 aromatic carbocycles. The number of aliphatic carboxylic acids is 1. The lowest BCUT2D eigenvalue weighted by Crippen LogP contribution is -2.35. The molecule has 0 aliphatic carbocycles. The summed E-state index contributed by atoms with van der Waals surface area (Å²) in [4.78, 5) is 94.2.